The molecular weight excluding hydrogens is 395 g/mol. The van der Waals surface area contributed by atoms with E-state index in [1.807, 2.05) is 17.9 Å². The van der Waals surface area contributed by atoms with Crippen LogP contribution in [0, 0.1) is 12.7 Å². The van der Waals surface area contributed by atoms with Crippen LogP contribution in [0.5, 0.6) is 0 Å². The smallest absolute Gasteiger partial charge is 0.233 e. The van der Waals surface area contributed by atoms with Gasteiger partial charge in [-0.2, -0.15) is 0 Å². The summed E-state index contributed by atoms with van der Waals surface area (Å²) in [6, 6.07) is 8.47. The quantitative estimate of drug-likeness (QED) is 0.503. The van der Waals surface area contributed by atoms with Crippen LogP contribution in [0.25, 0.3) is 11.4 Å². The lowest BCUT2D eigenvalue weighted by Crippen LogP contribution is -2.49. The number of para-hydroxylation sites is 1. The summed E-state index contributed by atoms with van der Waals surface area (Å²) in [5.74, 6) is 7.23. The Kier molecular flexibility index (Phi) is 5.43. The fraction of sp³-hybridized carbons (Fsp3) is 0.316. The van der Waals surface area contributed by atoms with Crippen LogP contribution in [0.3, 0.4) is 0 Å². The van der Waals surface area contributed by atoms with Gasteiger partial charge in [-0.05, 0) is 25.1 Å². The highest BCUT2D eigenvalue weighted by Gasteiger charge is 2.24. The largest absolute Gasteiger partial charge is 0.469 e. The normalized spacial score (nSPS) is 14.4. The minimum absolute atomic E-state index is 0.00720. The number of amides is 1. The van der Waals surface area contributed by atoms with Crippen molar-refractivity contribution in [3.63, 3.8) is 0 Å². The molecule has 3 heterocycles. The van der Waals surface area contributed by atoms with Gasteiger partial charge >= 0.3 is 0 Å². The number of nitrogens with zero attached hydrogens (tertiary/aromatic N) is 5. The Morgan fingerprint density at radius 3 is 2.66 bits per heavy atom. The molecule has 152 valence electrons. The molecule has 2 N–H and O–H groups in total. The van der Waals surface area contributed by atoms with Gasteiger partial charge in [0.05, 0.1) is 23.3 Å². The van der Waals surface area contributed by atoms with E-state index < -0.39 is 0 Å². The number of carbonyl (C=O) groups excluding carboxylic acids is 1. The minimum Gasteiger partial charge on any atom is -0.469 e. The number of piperazine rings is 1. The first-order chi connectivity index (χ1) is 14.0. The van der Waals surface area contributed by atoms with Gasteiger partial charge in [0.2, 0.25) is 11.1 Å². The minimum atomic E-state index is -0.242. The van der Waals surface area contributed by atoms with Crippen LogP contribution in [0.15, 0.2) is 46.2 Å². The molecule has 4 rings (SSSR count). The number of carbonyl (C=O) groups is 1. The molecule has 1 saturated heterocycles. The number of benzene rings is 1. The van der Waals surface area contributed by atoms with Gasteiger partial charge in [0.25, 0.3) is 0 Å². The van der Waals surface area contributed by atoms with E-state index in [0.29, 0.717) is 48.6 Å². The maximum atomic E-state index is 13.9. The summed E-state index contributed by atoms with van der Waals surface area (Å²) in [7, 11) is 0. The van der Waals surface area contributed by atoms with E-state index in [-0.39, 0.29) is 17.5 Å². The first-order valence-electron chi connectivity index (χ1n) is 9.19. The summed E-state index contributed by atoms with van der Waals surface area (Å²) in [5.41, 5.74) is 1.34. The van der Waals surface area contributed by atoms with Crippen molar-refractivity contribution in [1.82, 2.24) is 19.8 Å². The molecule has 3 aromatic rings. The molecule has 1 aliphatic heterocycles. The fourth-order valence-corrected chi connectivity index (χ4v) is 4.06. The van der Waals surface area contributed by atoms with Gasteiger partial charge in [0.1, 0.15) is 11.6 Å². The molecule has 0 bridgehead atoms. The summed E-state index contributed by atoms with van der Waals surface area (Å²) in [6.07, 6.45) is 1.57. The molecule has 8 nitrogen and oxygen atoms in total. The number of hydrogen-bond donors (Lipinski definition) is 1. The molecule has 1 amide bonds. The second kappa shape index (κ2) is 8.16. The topological polar surface area (TPSA) is 93.4 Å². The zero-order chi connectivity index (χ0) is 20.4. The first kappa shape index (κ1) is 19.3. The van der Waals surface area contributed by atoms with Gasteiger partial charge in [-0.15, -0.1) is 10.2 Å². The summed E-state index contributed by atoms with van der Waals surface area (Å²) in [4.78, 5) is 16.3. The SMILES string of the molecule is Cc1occc1-c1nnc(SCC(=O)N2CCN(c3ccccc3F)CC2)n1N. The van der Waals surface area contributed by atoms with Gasteiger partial charge in [-0.3, -0.25) is 4.79 Å². The predicted molar refractivity (Wildman–Crippen MR) is 109 cm³/mol. The van der Waals surface area contributed by atoms with Gasteiger partial charge in [0, 0.05) is 26.2 Å². The van der Waals surface area contributed by atoms with Crippen molar-refractivity contribution in [2.45, 2.75) is 12.1 Å². The average Bonchev–Trinajstić information content (AvgIpc) is 3.31. The van der Waals surface area contributed by atoms with Crippen LogP contribution < -0.4 is 10.7 Å². The molecule has 0 aliphatic carbocycles. The number of halogens is 1. The number of nitrogen functional groups attached to an aromatic ring is 1. The Hall–Kier alpha value is -3.01. The molecule has 0 unspecified atom stereocenters. The van der Waals surface area contributed by atoms with Crippen LogP contribution >= 0.6 is 11.8 Å². The Morgan fingerprint density at radius 2 is 1.97 bits per heavy atom. The monoisotopic (exact) mass is 416 g/mol. The number of hydrogen-bond acceptors (Lipinski definition) is 7. The maximum Gasteiger partial charge on any atom is 0.233 e. The van der Waals surface area contributed by atoms with Gasteiger partial charge < -0.3 is 20.1 Å². The van der Waals surface area contributed by atoms with E-state index in [2.05, 4.69) is 10.2 Å². The number of nitrogens with two attached hydrogens (primary N) is 1. The van der Waals surface area contributed by atoms with E-state index in [4.69, 9.17) is 10.3 Å². The first-order valence-corrected chi connectivity index (χ1v) is 10.2. The number of thioether (sulfide) groups is 1. The number of aryl methyl sites for hydroxylation is 1. The number of aromatic nitrogens is 3. The molecule has 0 atom stereocenters. The predicted octanol–water partition coefficient (Wildman–Crippen LogP) is 2.14. The molecule has 0 spiro atoms. The molecule has 1 fully saturated rings. The zero-order valence-corrected chi connectivity index (χ0v) is 16.7. The molecule has 0 radical (unpaired) electrons. The fourth-order valence-electron chi connectivity index (χ4n) is 3.30. The molecule has 1 aromatic carbocycles. The van der Waals surface area contributed by atoms with Gasteiger partial charge in [-0.1, -0.05) is 23.9 Å². The van der Waals surface area contributed by atoms with E-state index in [0.717, 1.165) is 5.56 Å². The average molecular weight is 416 g/mol. The van der Waals surface area contributed by atoms with Crippen molar-refractivity contribution in [3.05, 3.63) is 48.2 Å². The van der Waals surface area contributed by atoms with E-state index in [9.17, 15) is 9.18 Å². The summed E-state index contributed by atoms with van der Waals surface area (Å²) < 4.78 is 20.6. The van der Waals surface area contributed by atoms with Crippen LogP contribution in [0.2, 0.25) is 0 Å². The van der Waals surface area contributed by atoms with Crippen molar-refractivity contribution in [3.8, 4) is 11.4 Å². The van der Waals surface area contributed by atoms with Crippen molar-refractivity contribution in [2.24, 2.45) is 0 Å². The third-order valence-corrected chi connectivity index (χ3v) is 5.84. The van der Waals surface area contributed by atoms with Crippen LogP contribution in [0.1, 0.15) is 5.76 Å². The highest BCUT2D eigenvalue weighted by atomic mass is 32.2. The third kappa shape index (κ3) is 3.93. The maximum absolute atomic E-state index is 13.9. The lowest BCUT2D eigenvalue weighted by Gasteiger charge is -2.36. The lowest BCUT2D eigenvalue weighted by atomic mass is 10.2. The van der Waals surface area contributed by atoms with E-state index in [1.54, 1.807) is 29.4 Å². The van der Waals surface area contributed by atoms with E-state index in [1.165, 1.54) is 22.5 Å². The molecule has 0 saturated carbocycles. The number of rotatable bonds is 5. The highest BCUT2D eigenvalue weighted by molar-refractivity contribution is 7.99. The van der Waals surface area contributed by atoms with Gasteiger partial charge in [0.15, 0.2) is 5.82 Å². The standard InChI is InChI=1S/C19H21FN6O2S/c1-13-14(6-11-28-13)18-22-23-19(26(18)21)29-12-17(27)25-9-7-24(8-10-25)16-5-3-2-4-15(16)20/h2-6,11H,7-10,12,21H2,1H3. The molecule has 1 aliphatic rings. The van der Waals surface area contributed by atoms with Crippen molar-refractivity contribution < 1.29 is 13.6 Å². The summed E-state index contributed by atoms with van der Waals surface area (Å²) in [5, 5.41) is 8.64. The third-order valence-electron chi connectivity index (χ3n) is 4.91. The van der Waals surface area contributed by atoms with Crippen LogP contribution in [-0.2, 0) is 4.79 Å². The Labute approximate surface area is 171 Å². The van der Waals surface area contributed by atoms with Gasteiger partial charge in [-0.25, -0.2) is 9.07 Å². The summed E-state index contributed by atoms with van der Waals surface area (Å²) >= 11 is 1.24. The highest BCUT2D eigenvalue weighted by Crippen LogP contribution is 2.25. The Balaban J connectivity index is 1.33. The Bertz CT molecular complexity index is 1010. The zero-order valence-electron chi connectivity index (χ0n) is 15.9. The second-order valence-electron chi connectivity index (χ2n) is 6.67. The van der Waals surface area contributed by atoms with Crippen molar-refractivity contribution >= 4 is 23.4 Å². The van der Waals surface area contributed by atoms with Crippen LogP contribution in [0.4, 0.5) is 10.1 Å². The number of furan rings is 1. The van der Waals surface area contributed by atoms with Crippen LogP contribution in [-0.4, -0.2) is 57.6 Å². The molecule has 2 aromatic heterocycles. The number of anilines is 1. The van der Waals surface area contributed by atoms with Crippen molar-refractivity contribution in [1.29, 1.82) is 0 Å². The summed E-state index contributed by atoms with van der Waals surface area (Å²) in [6.45, 7) is 4.09. The molecule has 10 heteroatoms. The lowest BCUT2D eigenvalue weighted by molar-refractivity contribution is -0.128. The molecule has 29 heavy (non-hydrogen) atoms. The Morgan fingerprint density at radius 1 is 1.21 bits per heavy atom. The second-order valence-corrected chi connectivity index (χ2v) is 7.62. The van der Waals surface area contributed by atoms with Crippen molar-refractivity contribution in [2.75, 3.05) is 42.7 Å². The molecular formula is C19H21FN6O2S. The van der Waals surface area contributed by atoms with E-state index >= 15 is 0 Å².